The maximum Gasteiger partial charge on any atom is 0.234 e. The van der Waals surface area contributed by atoms with E-state index in [1.807, 2.05) is 53.4 Å². The summed E-state index contributed by atoms with van der Waals surface area (Å²) in [7, 11) is 1.64. The summed E-state index contributed by atoms with van der Waals surface area (Å²) >= 11 is 1.48. The predicted octanol–water partition coefficient (Wildman–Crippen LogP) is 4.63. The van der Waals surface area contributed by atoms with Gasteiger partial charge in [-0.1, -0.05) is 54.5 Å². The van der Waals surface area contributed by atoms with Gasteiger partial charge in [-0.3, -0.25) is 14.5 Å². The number of hydrogen-bond acceptors (Lipinski definition) is 5. The first-order valence-corrected chi connectivity index (χ1v) is 12.0. The van der Waals surface area contributed by atoms with Crippen molar-refractivity contribution in [2.75, 3.05) is 18.6 Å². The molecule has 5 rings (SSSR count). The molecule has 6 nitrogen and oxygen atoms in total. The summed E-state index contributed by atoms with van der Waals surface area (Å²) in [6.07, 6.45) is 4.74. The van der Waals surface area contributed by atoms with Crippen LogP contribution in [0.25, 0.3) is 10.2 Å². The number of nitrogens with zero attached hydrogens (tertiary/aromatic N) is 3. The molecule has 0 N–H and O–H groups in total. The molecule has 2 aromatic carbocycles. The second kappa shape index (κ2) is 8.90. The van der Waals surface area contributed by atoms with Crippen molar-refractivity contribution in [2.45, 2.75) is 44.7 Å². The van der Waals surface area contributed by atoms with Crippen molar-refractivity contribution in [3.63, 3.8) is 0 Å². The van der Waals surface area contributed by atoms with Gasteiger partial charge >= 0.3 is 0 Å². The highest BCUT2D eigenvalue weighted by Crippen LogP contribution is 2.35. The van der Waals surface area contributed by atoms with Gasteiger partial charge in [0.25, 0.3) is 0 Å². The van der Waals surface area contributed by atoms with Gasteiger partial charge in [0.2, 0.25) is 11.8 Å². The normalized spacial score (nSPS) is 19.1. The molecule has 0 bridgehead atoms. The number of rotatable bonds is 6. The topological polar surface area (TPSA) is 62.7 Å². The highest BCUT2D eigenvalue weighted by Gasteiger charge is 2.41. The van der Waals surface area contributed by atoms with Crippen LogP contribution < -0.4 is 9.64 Å². The minimum Gasteiger partial charge on any atom is -0.497 e. The number of thiazole rings is 1. The van der Waals surface area contributed by atoms with Crippen molar-refractivity contribution in [3.8, 4) is 5.75 Å². The van der Waals surface area contributed by atoms with Crippen molar-refractivity contribution in [3.05, 3.63) is 54.1 Å². The lowest BCUT2D eigenvalue weighted by atomic mass is 10.1. The molecule has 32 heavy (non-hydrogen) atoms. The minimum atomic E-state index is -0.326. The van der Waals surface area contributed by atoms with Gasteiger partial charge in [-0.25, -0.2) is 4.98 Å². The van der Waals surface area contributed by atoms with Crippen LogP contribution in [0.15, 0.2) is 48.5 Å². The standard InChI is InChI=1S/C25H27N3O3S/c1-31-20-11-12-21-22(14-20)32-25(26-21)28(15-17-7-3-2-4-8-17)24(30)18-13-23(29)27(16-18)19-9-5-6-10-19/h2-4,7-8,11-12,14,18-19H,5-6,9-10,13,15-16H2,1H3/t18-/m1/s1. The number of amides is 2. The van der Waals surface area contributed by atoms with E-state index in [0.717, 1.165) is 34.4 Å². The molecule has 3 aromatic rings. The van der Waals surface area contributed by atoms with Crippen molar-refractivity contribution < 1.29 is 14.3 Å². The summed E-state index contributed by atoms with van der Waals surface area (Å²) in [5, 5.41) is 0.661. The number of fused-ring (bicyclic) bond motifs is 1. The zero-order valence-electron chi connectivity index (χ0n) is 18.2. The van der Waals surface area contributed by atoms with E-state index < -0.39 is 0 Å². The summed E-state index contributed by atoms with van der Waals surface area (Å²) in [5.41, 5.74) is 1.88. The molecular formula is C25H27N3O3S. The zero-order chi connectivity index (χ0) is 22.1. The summed E-state index contributed by atoms with van der Waals surface area (Å²) in [6, 6.07) is 16.0. The lowest BCUT2D eigenvalue weighted by molar-refractivity contribution is -0.130. The second-order valence-corrected chi connectivity index (χ2v) is 9.63. The van der Waals surface area contributed by atoms with Crippen LogP contribution in [0.4, 0.5) is 5.13 Å². The van der Waals surface area contributed by atoms with Gasteiger partial charge in [0.1, 0.15) is 5.75 Å². The molecule has 1 saturated carbocycles. The maximum atomic E-state index is 13.7. The van der Waals surface area contributed by atoms with E-state index in [2.05, 4.69) is 0 Å². The Morgan fingerprint density at radius 3 is 2.72 bits per heavy atom. The van der Waals surface area contributed by atoms with Crippen LogP contribution >= 0.6 is 11.3 Å². The summed E-state index contributed by atoms with van der Waals surface area (Å²) < 4.78 is 6.32. The number of carbonyl (C=O) groups excluding carboxylic acids is 2. The smallest absolute Gasteiger partial charge is 0.234 e. The molecule has 1 atom stereocenters. The number of likely N-dealkylation sites (tertiary alicyclic amines) is 1. The van der Waals surface area contributed by atoms with Gasteiger partial charge in [0.05, 0.1) is 29.8 Å². The van der Waals surface area contributed by atoms with Crippen LogP contribution in [0.1, 0.15) is 37.7 Å². The highest BCUT2D eigenvalue weighted by molar-refractivity contribution is 7.22. The number of anilines is 1. The fraction of sp³-hybridized carbons (Fsp3) is 0.400. The van der Waals surface area contributed by atoms with Crippen LogP contribution in [-0.2, 0) is 16.1 Å². The molecule has 2 heterocycles. The number of methoxy groups -OCH3 is 1. The van der Waals surface area contributed by atoms with Crippen molar-refractivity contribution in [2.24, 2.45) is 5.92 Å². The lowest BCUT2D eigenvalue weighted by Gasteiger charge is -2.26. The van der Waals surface area contributed by atoms with Gasteiger partial charge in [-0.2, -0.15) is 0 Å². The quantitative estimate of drug-likeness (QED) is 0.551. The molecule has 1 aliphatic heterocycles. The SMILES string of the molecule is COc1ccc2nc(N(Cc3ccccc3)C(=O)[C@@H]3CC(=O)N(C4CCCC4)C3)sc2c1. The Kier molecular flexibility index (Phi) is 5.83. The Morgan fingerprint density at radius 2 is 1.97 bits per heavy atom. The third-order valence-electron chi connectivity index (χ3n) is 6.54. The van der Waals surface area contributed by atoms with Gasteiger partial charge in [0, 0.05) is 19.0 Å². The summed E-state index contributed by atoms with van der Waals surface area (Å²) in [6.45, 7) is 0.955. The Hall–Kier alpha value is -2.93. The van der Waals surface area contributed by atoms with E-state index in [1.54, 1.807) is 12.0 Å². The minimum absolute atomic E-state index is 0.0197. The van der Waals surface area contributed by atoms with Crippen molar-refractivity contribution in [1.82, 2.24) is 9.88 Å². The highest BCUT2D eigenvalue weighted by atomic mass is 32.1. The van der Waals surface area contributed by atoms with Crippen molar-refractivity contribution >= 4 is 38.5 Å². The van der Waals surface area contributed by atoms with E-state index >= 15 is 0 Å². The average Bonchev–Trinajstić information content (AvgIpc) is 3.56. The first kappa shape index (κ1) is 20.9. The third kappa shape index (κ3) is 4.09. The molecule has 0 unspecified atom stereocenters. The van der Waals surface area contributed by atoms with E-state index in [1.165, 1.54) is 24.2 Å². The van der Waals surface area contributed by atoms with Crippen LogP contribution in [0.5, 0.6) is 5.75 Å². The molecule has 2 amide bonds. The molecule has 7 heteroatoms. The van der Waals surface area contributed by atoms with Gasteiger partial charge in [-0.15, -0.1) is 0 Å². The summed E-state index contributed by atoms with van der Waals surface area (Å²) in [5.74, 6) is 0.535. The fourth-order valence-electron chi connectivity index (χ4n) is 4.83. The molecule has 1 aliphatic carbocycles. The van der Waals surface area contributed by atoms with Gasteiger partial charge in [-0.05, 0) is 36.6 Å². The van der Waals surface area contributed by atoms with Crippen LogP contribution in [-0.4, -0.2) is 41.4 Å². The Morgan fingerprint density at radius 1 is 1.19 bits per heavy atom. The molecule has 0 radical (unpaired) electrons. The zero-order valence-corrected chi connectivity index (χ0v) is 19.0. The molecule has 166 valence electrons. The molecule has 2 fully saturated rings. The monoisotopic (exact) mass is 449 g/mol. The predicted molar refractivity (Wildman–Crippen MR) is 126 cm³/mol. The number of hydrogen-bond donors (Lipinski definition) is 0. The van der Waals surface area contributed by atoms with E-state index in [4.69, 9.17) is 9.72 Å². The first-order chi connectivity index (χ1) is 15.6. The Bertz CT molecular complexity index is 1120. The average molecular weight is 450 g/mol. The number of aromatic nitrogens is 1. The third-order valence-corrected chi connectivity index (χ3v) is 7.58. The molecule has 1 aromatic heterocycles. The fourth-order valence-corrected chi connectivity index (χ4v) is 5.83. The van der Waals surface area contributed by atoms with Crippen molar-refractivity contribution in [1.29, 1.82) is 0 Å². The molecule has 1 saturated heterocycles. The number of carbonyl (C=O) groups is 2. The van der Waals surface area contributed by atoms with Crippen LogP contribution in [0.3, 0.4) is 0 Å². The number of ether oxygens (including phenoxy) is 1. The molecule has 0 spiro atoms. The summed E-state index contributed by atoms with van der Waals surface area (Å²) in [4.78, 5) is 35.0. The van der Waals surface area contributed by atoms with E-state index in [-0.39, 0.29) is 17.7 Å². The number of benzene rings is 2. The van der Waals surface area contributed by atoms with Gasteiger partial charge < -0.3 is 9.64 Å². The Balaban J connectivity index is 1.44. The Labute approximate surface area is 191 Å². The molecule has 2 aliphatic rings. The van der Waals surface area contributed by atoms with Gasteiger partial charge in [0.15, 0.2) is 5.13 Å². The van der Waals surface area contributed by atoms with Crippen LogP contribution in [0, 0.1) is 5.92 Å². The second-order valence-electron chi connectivity index (χ2n) is 8.63. The van der Waals surface area contributed by atoms with E-state index in [9.17, 15) is 9.59 Å². The van der Waals surface area contributed by atoms with E-state index in [0.29, 0.717) is 30.7 Å². The largest absolute Gasteiger partial charge is 0.497 e. The lowest BCUT2D eigenvalue weighted by Crippen LogP contribution is -2.39. The van der Waals surface area contributed by atoms with Crippen LogP contribution in [0.2, 0.25) is 0 Å². The maximum absolute atomic E-state index is 13.7. The first-order valence-electron chi connectivity index (χ1n) is 11.2. The molecular weight excluding hydrogens is 422 g/mol.